The van der Waals surface area contributed by atoms with E-state index in [0.29, 0.717) is 37.9 Å². The molecule has 1 unspecified atom stereocenters. The fraction of sp³-hybridized carbons (Fsp3) is 0.300. The summed E-state index contributed by atoms with van der Waals surface area (Å²) in [6.45, 7) is 3.76. The molecule has 0 saturated heterocycles. The van der Waals surface area contributed by atoms with E-state index < -0.39 is 27.8 Å². The van der Waals surface area contributed by atoms with Gasteiger partial charge in [0.05, 0.1) is 33.1 Å². The van der Waals surface area contributed by atoms with Crippen molar-refractivity contribution in [3.05, 3.63) is 52.5 Å². The first-order valence-electron chi connectivity index (χ1n) is 8.57. The maximum Gasteiger partial charge on any atom is 0.178 e. The summed E-state index contributed by atoms with van der Waals surface area (Å²) >= 11 is 6.01. The van der Waals surface area contributed by atoms with Crippen LogP contribution in [0.2, 0.25) is 5.02 Å². The third-order valence-corrected chi connectivity index (χ3v) is 6.73. The molecular formula is C20H17ClN2O4S. The highest BCUT2D eigenvalue weighted by molar-refractivity contribution is 7.85. The second kappa shape index (κ2) is 6.89. The lowest BCUT2D eigenvalue weighted by molar-refractivity contribution is -0.0667. The molecule has 2 aromatic carbocycles. The Bertz CT molecular complexity index is 1130. The topological polar surface area (TPSA) is 85.4 Å². The van der Waals surface area contributed by atoms with Gasteiger partial charge < -0.3 is 14.0 Å². The van der Waals surface area contributed by atoms with Crippen LogP contribution in [0.4, 0.5) is 0 Å². The molecule has 3 atom stereocenters. The average molecular weight is 417 g/mol. The minimum absolute atomic E-state index is 0.310. The van der Waals surface area contributed by atoms with E-state index in [0.717, 1.165) is 0 Å². The van der Waals surface area contributed by atoms with E-state index in [-0.39, 0.29) is 0 Å². The van der Waals surface area contributed by atoms with Gasteiger partial charge in [-0.15, -0.1) is 0 Å². The monoisotopic (exact) mass is 416 g/mol. The molecule has 8 heteroatoms. The van der Waals surface area contributed by atoms with E-state index in [9.17, 15) is 9.47 Å². The standard InChI is InChI=1S/C20H17ClN2O4S/c1-20(2)18(25-3)17(14-8-11(10-22)4-7-15(14)26-20)28(24)19-13-6-5-12(21)9-16(13)27-23-19/h4-9,17-18H,1-3H3/t17-,18+,28?/m1/s1. The predicted molar refractivity (Wildman–Crippen MR) is 105 cm³/mol. The lowest BCUT2D eigenvalue weighted by Crippen LogP contribution is -2.50. The molecule has 4 rings (SSSR count). The molecule has 0 fully saturated rings. The molecule has 0 aliphatic carbocycles. The van der Waals surface area contributed by atoms with Crippen LogP contribution in [-0.2, 0) is 15.5 Å². The first kappa shape index (κ1) is 18.9. The van der Waals surface area contributed by atoms with Gasteiger partial charge in [-0.05, 0) is 44.2 Å². The third kappa shape index (κ3) is 2.98. The van der Waals surface area contributed by atoms with E-state index in [1.807, 2.05) is 13.8 Å². The highest BCUT2D eigenvalue weighted by Gasteiger charge is 2.48. The molecule has 0 bridgehead atoms. The van der Waals surface area contributed by atoms with Crippen molar-refractivity contribution in [2.45, 2.75) is 35.8 Å². The van der Waals surface area contributed by atoms with Crippen LogP contribution in [0.3, 0.4) is 0 Å². The van der Waals surface area contributed by atoms with Crippen LogP contribution in [0.1, 0.15) is 30.2 Å². The van der Waals surface area contributed by atoms with Crippen LogP contribution in [0.15, 0.2) is 45.9 Å². The minimum Gasteiger partial charge on any atom is -0.485 e. The molecule has 0 saturated carbocycles. The molecule has 1 aromatic heterocycles. The summed E-state index contributed by atoms with van der Waals surface area (Å²) in [5.41, 5.74) is 0.825. The van der Waals surface area contributed by atoms with Gasteiger partial charge >= 0.3 is 0 Å². The SMILES string of the molecule is CO[C@H]1[C@H](S(=O)c2noc3cc(Cl)ccc23)c2cc(C#N)ccc2OC1(C)C. The van der Waals surface area contributed by atoms with Gasteiger partial charge in [-0.2, -0.15) is 5.26 Å². The van der Waals surface area contributed by atoms with E-state index in [1.165, 1.54) is 0 Å². The van der Waals surface area contributed by atoms with Crippen LogP contribution < -0.4 is 4.74 Å². The molecule has 3 aromatic rings. The summed E-state index contributed by atoms with van der Waals surface area (Å²) in [7, 11) is -0.0751. The molecule has 2 heterocycles. The molecule has 1 aliphatic rings. The third-order valence-electron chi connectivity index (χ3n) is 4.85. The van der Waals surface area contributed by atoms with E-state index in [2.05, 4.69) is 11.2 Å². The van der Waals surface area contributed by atoms with Crippen molar-refractivity contribution >= 4 is 33.4 Å². The Morgan fingerprint density at radius 3 is 2.79 bits per heavy atom. The second-order valence-corrected chi connectivity index (χ2v) is 9.00. The van der Waals surface area contributed by atoms with Crippen molar-refractivity contribution in [2.24, 2.45) is 0 Å². The quantitative estimate of drug-likeness (QED) is 0.629. The summed E-state index contributed by atoms with van der Waals surface area (Å²) in [6.07, 6.45) is -0.533. The van der Waals surface area contributed by atoms with Crippen molar-refractivity contribution in [3.63, 3.8) is 0 Å². The Morgan fingerprint density at radius 2 is 2.07 bits per heavy atom. The maximum absolute atomic E-state index is 13.7. The average Bonchev–Trinajstić information content (AvgIpc) is 3.08. The van der Waals surface area contributed by atoms with Gasteiger partial charge in [0.1, 0.15) is 17.5 Å². The van der Waals surface area contributed by atoms with Crippen molar-refractivity contribution in [1.82, 2.24) is 5.16 Å². The summed E-state index contributed by atoms with van der Waals surface area (Å²) in [5, 5.41) is 14.2. The van der Waals surface area contributed by atoms with Crippen LogP contribution in [-0.4, -0.2) is 28.2 Å². The Morgan fingerprint density at radius 1 is 1.29 bits per heavy atom. The molecule has 0 amide bonds. The van der Waals surface area contributed by atoms with Crippen LogP contribution in [0, 0.1) is 11.3 Å². The van der Waals surface area contributed by atoms with Gasteiger partial charge in [-0.25, -0.2) is 0 Å². The van der Waals surface area contributed by atoms with Gasteiger partial charge in [0, 0.05) is 23.8 Å². The van der Waals surface area contributed by atoms with Gasteiger partial charge in [-0.1, -0.05) is 16.8 Å². The van der Waals surface area contributed by atoms with Crippen LogP contribution in [0.5, 0.6) is 5.75 Å². The maximum atomic E-state index is 13.7. The zero-order chi connectivity index (χ0) is 20.1. The summed E-state index contributed by atoms with van der Waals surface area (Å²) in [4.78, 5) is 0. The van der Waals surface area contributed by atoms with E-state index in [4.69, 9.17) is 25.6 Å². The van der Waals surface area contributed by atoms with Crippen molar-refractivity contribution in [2.75, 3.05) is 7.11 Å². The zero-order valence-electron chi connectivity index (χ0n) is 15.4. The highest BCUT2D eigenvalue weighted by Crippen LogP contribution is 2.46. The van der Waals surface area contributed by atoms with Gasteiger partial charge in [0.2, 0.25) is 0 Å². The normalized spacial score (nSPS) is 21.5. The first-order valence-corrected chi connectivity index (χ1v) is 10.2. The molecule has 1 aliphatic heterocycles. The Balaban J connectivity index is 1.90. The molecule has 0 N–H and O–H groups in total. The number of fused-ring (bicyclic) bond motifs is 2. The molecular weight excluding hydrogens is 400 g/mol. The smallest absolute Gasteiger partial charge is 0.178 e. The number of halogens is 1. The predicted octanol–water partition coefficient (Wildman–Crippen LogP) is 4.39. The van der Waals surface area contributed by atoms with Gasteiger partial charge in [0.15, 0.2) is 10.6 Å². The van der Waals surface area contributed by atoms with E-state index >= 15 is 0 Å². The Hall–Kier alpha value is -2.40. The lowest BCUT2D eigenvalue weighted by Gasteiger charge is -2.43. The highest BCUT2D eigenvalue weighted by atomic mass is 35.5. The molecule has 28 heavy (non-hydrogen) atoms. The number of ether oxygens (including phenoxy) is 2. The Labute approximate surface area is 169 Å². The minimum atomic E-state index is -1.63. The van der Waals surface area contributed by atoms with Crippen LogP contribution >= 0.6 is 11.6 Å². The van der Waals surface area contributed by atoms with Gasteiger partial charge in [0.25, 0.3) is 0 Å². The first-order chi connectivity index (χ1) is 13.4. The number of nitriles is 1. The summed E-state index contributed by atoms with van der Waals surface area (Å²) in [5.74, 6) is 0.575. The van der Waals surface area contributed by atoms with Crippen molar-refractivity contribution < 1.29 is 18.2 Å². The zero-order valence-corrected chi connectivity index (χ0v) is 17.0. The van der Waals surface area contributed by atoms with Crippen molar-refractivity contribution in [1.29, 1.82) is 5.26 Å². The lowest BCUT2D eigenvalue weighted by atomic mass is 9.89. The van der Waals surface area contributed by atoms with Gasteiger partial charge in [-0.3, -0.25) is 4.21 Å². The second-order valence-electron chi connectivity index (χ2n) is 7.07. The number of aromatic nitrogens is 1. The van der Waals surface area contributed by atoms with Crippen molar-refractivity contribution in [3.8, 4) is 11.8 Å². The largest absolute Gasteiger partial charge is 0.485 e. The number of nitrogens with zero attached hydrogens (tertiary/aromatic N) is 2. The number of rotatable bonds is 3. The van der Waals surface area contributed by atoms with E-state index in [1.54, 1.807) is 43.5 Å². The Kier molecular flexibility index (Phi) is 4.66. The molecule has 0 spiro atoms. The summed E-state index contributed by atoms with van der Waals surface area (Å²) in [6, 6.07) is 12.3. The number of hydrogen-bond donors (Lipinski definition) is 0. The number of benzene rings is 2. The molecule has 6 nitrogen and oxygen atoms in total. The number of hydrogen-bond acceptors (Lipinski definition) is 6. The number of methoxy groups -OCH3 is 1. The fourth-order valence-corrected chi connectivity index (χ4v) is 5.57. The fourth-order valence-electron chi connectivity index (χ4n) is 3.59. The van der Waals surface area contributed by atoms with Crippen LogP contribution in [0.25, 0.3) is 11.0 Å². The summed E-state index contributed by atoms with van der Waals surface area (Å²) < 4.78 is 30.9. The molecule has 0 radical (unpaired) electrons. The molecule has 144 valence electrons.